The number of amides is 1. The van der Waals surface area contributed by atoms with Crippen LogP contribution in [0.2, 0.25) is 0 Å². The number of aliphatic hydroxyl groups is 1. The van der Waals surface area contributed by atoms with Gasteiger partial charge in [0.25, 0.3) is 5.91 Å². The van der Waals surface area contributed by atoms with Crippen LogP contribution in [-0.2, 0) is 0 Å². The number of aliphatic hydroxyl groups excluding tert-OH is 1. The van der Waals surface area contributed by atoms with Crippen LogP contribution in [0.4, 0.5) is 0 Å². The van der Waals surface area contributed by atoms with Gasteiger partial charge in [0, 0.05) is 18.7 Å². The Morgan fingerprint density at radius 3 is 3.06 bits per heavy atom. The molecule has 0 radical (unpaired) electrons. The van der Waals surface area contributed by atoms with Crippen molar-refractivity contribution in [2.24, 2.45) is 0 Å². The standard InChI is InChI=1S/C12H14N4O2/c17-6-2-5-14-12(18)10-3-1-4-11(7-10)16-9-13-8-15-16/h1,3-4,7-9,17H,2,5-6H2,(H,14,18). The molecule has 6 heteroatoms. The van der Waals surface area contributed by atoms with Crippen LogP contribution in [0.25, 0.3) is 5.69 Å². The van der Waals surface area contributed by atoms with E-state index in [1.165, 1.54) is 6.33 Å². The maximum atomic E-state index is 11.8. The number of rotatable bonds is 5. The predicted octanol–water partition coefficient (Wildman–Crippen LogP) is 0.380. The van der Waals surface area contributed by atoms with Gasteiger partial charge in [-0.25, -0.2) is 9.67 Å². The highest BCUT2D eigenvalue weighted by molar-refractivity contribution is 5.94. The van der Waals surface area contributed by atoms with Gasteiger partial charge in [-0.2, -0.15) is 5.10 Å². The number of hydrogen-bond donors (Lipinski definition) is 2. The molecular formula is C12H14N4O2. The molecular weight excluding hydrogens is 232 g/mol. The molecule has 1 aromatic heterocycles. The van der Waals surface area contributed by atoms with E-state index >= 15 is 0 Å². The van der Waals surface area contributed by atoms with Crippen molar-refractivity contribution in [1.82, 2.24) is 20.1 Å². The summed E-state index contributed by atoms with van der Waals surface area (Å²) in [5.41, 5.74) is 1.34. The third kappa shape index (κ3) is 2.92. The summed E-state index contributed by atoms with van der Waals surface area (Å²) in [6.45, 7) is 0.530. The van der Waals surface area contributed by atoms with E-state index in [1.807, 2.05) is 6.07 Å². The van der Waals surface area contributed by atoms with E-state index in [0.717, 1.165) is 5.69 Å². The first kappa shape index (κ1) is 12.3. The zero-order valence-electron chi connectivity index (χ0n) is 9.78. The molecule has 0 aliphatic carbocycles. The lowest BCUT2D eigenvalue weighted by Crippen LogP contribution is -2.25. The average molecular weight is 246 g/mol. The number of benzene rings is 1. The molecule has 0 atom stereocenters. The Labute approximate surface area is 104 Å². The van der Waals surface area contributed by atoms with Crippen LogP contribution in [0.15, 0.2) is 36.9 Å². The largest absolute Gasteiger partial charge is 0.396 e. The topological polar surface area (TPSA) is 80.0 Å². The first-order valence-corrected chi connectivity index (χ1v) is 5.65. The molecule has 18 heavy (non-hydrogen) atoms. The molecule has 0 bridgehead atoms. The quantitative estimate of drug-likeness (QED) is 0.747. The minimum Gasteiger partial charge on any atom is -0.396 e. The van der Waals surface area contributed by atoms with Crippen LogP contribution >= 0.6 is 0 Å². The molecule has 2 N–H and O–H groups in total. The number of carbonyl (C=O) groups excluding carboxylic acids is 1. The Hall–Kier alpha value is -2.21. The number of carbonyl (C=O) groups is 1. The van der Waals surface area contributed by atoms with Crippen LogP contribution in [0, 0.1) is 0 Å². The first-order chi connectivity index (χ1) is 8.81. The van der Waals surface area contributed by atoms with Gasteiger partial charge in [0.1, 0.15) is 12.7 Å². The second kappa shape index (κ2) is 5.92. The van der Waals surface area contributed by atoms with Gasteiger partial charge in [-0.1, -0.05) is 6.07 Å². The Balaban J connectivity index is 2.10. The second-order valence-electron chi connectivity index (χ2n) is 3.72. The predicted molar refractivity (Wildman–Crippen MR) is 65.4 cm³/mol. The van der Waals surface area contributed by atoms with Gasteiger partial charge in [0.2, 0.25) is 0 Å². The summed E-state index contributed by atoms with van der Waals surface area (Å²) in [6, 6.07) is 7.11. The maximum Gasteiger partial charge on any atom is 0.251 e. The highest BCUT2D eigenvalue weighted by Gasteiger charge is 2.06. The van der Waals surface area contributed by atoms with Gasteiger partial charge < -0.3 is 10.4 Å². The van der Waals surface area contributed by atoms with Crippen molar-refractivity contribution < 1.29 is 9.90 Å². The Bertz CT molecular complexity index is 511. The summed E-state index contributed by atoms with van der Waals surface area (Å²) in [5.74, 6) is -0.162. The maximum absolute atomic E-state index is 11.8. The summed E-state index contributed by atoms with van der Waals surface area (Å²) in [6.07, 6.45) is 3.56. The molecule has 6 nitrogen and oxygen atoms in total. The van der Waals surface area contributed by atoms with Crippen molar-refractivity contribution >= 4 is 5.91 Å². The van der Waals surface area contributed by atoms with Crippen LogP contribution in [0.1, 0.15) is 16.8 Å². The Morgan fingerprint density at radius 2 is 2.33 bits per heavy atom. The Morgan fingerprint density at radius 1 is 1.44 bits per heavy atom. The van der Waals surface area contributed by atoms with E-state index in [2.05, 4.69) is 15.4 Å². The summed E-state index contributed by atoms with van der Waals surface area (Å²) in [5, 5.41) is 15.4. The Kier molecular flexibility index (Phi) is 4.03. The van der Waals surface area contributed by atoms with E-state index in [1.54, 1.807) is 29.2 Å². The van der Waals surface area contributed by atoms with Crippen LogP contribution in [0.5, 0.6) is 0 Å². The molecule has 94 valence electrons. The van der Waals surface area contributed by atoms with Gasteiger partial charge in [-0.05, 0) is 24.6 Å². The van der Waals surface area contributed by atoms with Gasteiger partial charge in [0.15, 0.2) is 0 Å². The van der Waals surface area contributed by atoms with Gasteiger partial charge in [0.05, 0.1) is 5.69 Å². The lowest BCUT2D eigenvalue weighted by atomic mass is 10.2. The molecule has 0 saturated heterocycles. The summed E-state index contributed by atoms with van der Waals surface area (Å²) in [4.78, 5) is 15.7. The van der Waals surface area contributed by atoms with E-state index in [0.29, 0.717) is 18.5 Å². The minimum atomic E-state index is -0.162. The second-order valence-corrected chi connectivity index (χ2v) is 3.72. The van der Waals surface area contributed by atoms with Gasteiger partial charge in [-0.3, -0.25) is 4.79 Å². The zero-order chi connectivity index (χ0) is 12.8. The highest BCUT2D eigenvalue weighted by atomic mass is 16.3. The van der Waals surface area contributed by atoms with Crippen molar-refractivity contribution in [3.8, 4) is 5.69 Å². The molecule has 0 aliphatic rings. The monoisotopic (exact) mass is 246 g/mol. The first-order valence-electron chi connectivity index (χ1n) is 5.65. The molecule has 0 fully saturated rings. The van der Waals surface area contributed by atoms with E-state index in [9.17, 15) is 4.79 Å². The third-order valence-electron chi connectivity index (χ3n) is 2.41. The third-order valence-corrected chi connectivity index (χ3v) is 2.41. The molecule has 1 heterocycles. The van der Waals surface area contributed by atoms with E-state index in [4.69, 9.17) is 5.11 Å². The van der Waals surface area contributed by atoms with Crippen LogP contribution in [0.3, 0.4) is 0 Å². The highest BCUT2D eigenvalue weighted by Crippen LogP contribution is 2.08. The van der Waals surface area contributed by atoms with Gasteiger partial charge in [-0.15, -0.1) is 0 Å². The number of aromatic nitrogens is 3. The molecule has 0 spiro atoms. The van der Waals surface area contributed by atoms with Crippen molar-refractivity contribution in [3.05, 3.63) is 42.5 Å². The SMILES string of the molecule is O=C(NCCCO)c1cccc(-n2cncn2)c1. The molecule has 2 aromatic rings. The number of nitrogens with one attached hydrogen (secondary N) is 1. The fraction of sp³-hybridized carbons (Fsp3) is 0.250. The summed E-state index contributed by atoms with van der Waals surface area (Å²) >= 11 is 0. The molecule has 1 aromatic carbocycles. The van der Waals surface area contributed by atoms with Crippen molar-refractivity contribution in [1.29, 1.82) is 0 Å². The fourth-order valence-corrected chi connectivity index (χ4v) is 1.51. The summed E-state index contributed by atoms with van der Waals surface area (Å²) in [7, 11) is 0. The zero-order valence-corrected chi connectivity index (χ0v) is 9.78. The van der Waals surface area contributed by atoms with Gasteiger partial charge >= 0.3 is 0 Å². The lowest BCUT2D eigenvalue weighted by Gasteiger charge is -2.06. The lowest BCUT2D eigenvalue weighted by molar-refractivity contribution is 0.0951. The average Bonchev–Trinajstić information content (AvgIpc) is 2.93. The van der Waals surface area contributed by atoms with E-state index < -0.39 is 0 Å². The van der Waals surface area contributed by atoms with Crippen LogP contribution in [-0.4, -0.2) is 38.9 Å². The molecule has 1 amide bonds. The minimum absolute atomic E-state index is 0.0687. The molecule has 0 saturated carbocycles. The van der Waals surface area contributed by atoms with Crippen molar-refractivity contribution in [2.75, 3.05) is 13.2 Å². The normalized spacial score (nSPS) is 10.3. The van der Waals surface area contributed by atoms with Crippen LogP contribution < -0.4 is 5.32 Å². The fourth-order valence-electron chi connectivity index (χ4n) is 1.51. The molecule has 0 unspecified atom stereocenters. The summed E-state index contributed by atoms with van der Waals surface area (Å²) < 4.78 is 1.59. The number of nitrogens with zero attached hydrogens (tertiary/aromatic N) is 3. The number of hydrogen-bond acceptors (Lipinski definition) is 4. The molecule has 0 aliphatic heterocycles. The van der Waals surface area contributed by atoms with Crippen molar-refractivity contribution in [2.45, 2.75) is 6.42 Å². The smallest absolute Gasteiger partial charge is 0.251 e. The van der Waals surface area contributed by atoms with E-state index in [-0.39, 0.29) is 12.5 Å². The van der Waals surface area contributed by atoms with Crippen molar-refractivity contribution in [3.63, 3.8) is 0 Å². The molecule has 2 rings (SSSR count).